The zero-order chi connectivity index (χ0) is 5.98. The Labute approximate surface area is 62.9 Å². The van der Waals surface area contributed by atoms with Gasteiger partial charge in [0.15, 0.2) is 0 Å². The number of hydrogen-bond acceptors (Lipinski definition) is 2. The van der Waals surface area contributed by atoms with Crippen LogP contribution in [-0.4, -0.2) is 16.8 Å². The van der Waals surface area contributed by atoms with Gasteiger partial charge in [-0.2, -0.15) is 0 Å². The summed E-state index contributed by atoms with van der Waals surface area (Å²) >= 11 is 2.29. The summed E-state index contributed by atoms with van der Waals surface area (Å²) in [6.07, 6.45) is 2.66. The number of ether oxygens (including phenoxy) is 1. The van der Waals surface area contributed by atoms with E-state index in [1.54, 1.807) is 0 Å². The molecule has 2 nitrogen and oxygen atoms in total. The lowest BCUT2D eigenvalue weighted by molar-refractivity contribution is 0.107. The van der Waals surface area contributed by atoms with Gasteiger partial charge in [0.2, 0.25) is 0 Å². The monoisotopic (exact) mass is 227 g/mol. The molecule has 0 unspecified atom stereocenters. The number of hydrogen-bond donors (Lipinski definition) is 1. The number of halogens is 1. The molecular formula is C5H10INO. The molecule has 2 atom stereocenters. The predicted octanol–water partition coefficient (Wildman–Crippen LogP) is 0.885. The van der Waals surface area contributed by atoms with Crippen molar-refractivity contribution in [3.05, 3.63) is 0 Å². The first-order chi connectivity index (χ1) is 3.83. The molecule has 0 aromatic rings. The molecule has 2 N–H and O–H groups in total. The highest BCUT2D eigenvalue weighted by molar-refractivity contribution is 14.1. The predicted molar refractivity (Wildman–Crippen MR) is 41.0 cm³/mol. The van der Waals surface area contributed by atoms with Crippen LogP contribution in [0.4, 0.5) is 0 Å². The molecule has 0 aromatic heterocycles. The molecule has 1 saturated heterocycles. The van der Waals surface area contributed by atoms with Crippen LogP contribution in [0.25, 0.3) is 0 Å². The van der Waals surface area contributed by atoms with Crippen LogP contribution in [0.15, 0.2) is 0 Å². The van der Waals surface area contributed by atoms with Gasteiger partial charge in [0.05, 0.1) is 6.10 Å². The van der Waals surface area contributed by atoms with Crippen LogP contribution in [0, 0.1) is 0 Å². The van der Waals surface area contributed by atoms with Crippen molar-refractivity contribution in [1.82, 2.24) is 0 Å². The minimum atomic E-state index is 0.344. The highest BCUT2D eigenvalue weighted by atomic mass is 127. The minimum absolute atomic E-state index is 0.344. The summed E-state index contributed by atoms with van der Waals surface area (Å²) in [5, 5.41) is 0. The normalized spacial score (nSPS) is 38.2. The molecular weight excluding hydrogens is 217 g/mol. The van der Waals surface area contributed by atoms with Crippen molar-refractivity contribution in [2.45, 2.75) is 23.1 Å². The van der Waals surface area contributed by atoms with Gasteiger partial charge in [-0.05, 0) is 12.8 Å². The van der Waals surface area contributed by atoms with E-state index in [0.717, 1.165) is 6.42 Å². The van der Waals surface area contributed by atoms with Crippen LogP contribution < -0.4 is 5.73 Å². The zero-order valence-electron chi connectivity index (χ0n) is 4.64. The standard InChI is InChI=1S/C5H10INO/c6-5-2-1-4(3-7)8-5/h4-5H,1-3,7H2/t4-,5+/m0/s1. The molecule has 1 rings (SSSR count). The number of alkyl halides is 1. The van der Waals surface area contributed by atoms with Crippen LogP contribution >= 0.6 is 22.6 Å². The van der Waals surface area contributed by atoms with Crippen LogP contribution in [0.2, 0.25) is 0 Å². The van der Waals surface area contributed by atoms with Gasteiger partial charge >= 0.3 is 0 Å². The van der Waals surface area contributed by atoms with E-state index in [-0.39, 0.29) is 0 Å². The molecule has 1 heterocycles. The Balaban J connectivity index is 2.22. The third-order valence-corrected chi connectivity index (χ3v) is 2.24. The van der Waals surface area contributed by atoms with E-state index in [4.69, 9.17) is 10.5 Å². The Morgan fingerprint density at radius 1 is 1.62 bits per heavy atom. The third-order valence-electron chi connectivity index (χ3n) is 1.32. The fourth-order valence-electron chi connectivity index (χ4n) is 0.835. The molecule has 0 spiro atoms. The highest BCUT2D eigenvalue weighted by Gasteiger charge is 2.20. The summed E-state index contributed by atoms with van der Waals surface area (Å²) in [7, 11) is 0. The summed E-state index contributed by atoms with van der Waals surface area (Å²) < 4.78 is 5.79. The molecule has 48 valence electrons. The summed E-state index contributed by atoms with van der Waals surface area (Å²) in [4.78, 5) is 0. The minimum Gasteiger partial charge on any atom is -0.363 e. The maximum atomic E-state index is 5.37. The van der Waals surface area contributed by atoms with Gasteiger partial charge < -0.3 is 10.5 Å². The molecule has 0 radical (unpaired) electrons. The Morgan fingerprint density at radius 3 is 2.62 bits per heavy atom. The van der Waals surface area contributed by atoms with Gasteiger partial charge in [-0.3, -0.25) is 0 Å². The maximum Gasteiger partial charge on any atom is 0.109 e. The van der Waals surface area contributed by atoms with E-state index in [1.165, 1.54) is 6.42 Å². The first-order valence-corrected chi connectivity index (χ1v) is 4.07. The van der Waals surface area contributed by atoms with E-state index in [0.29, 0.717) is 16.8 Å². The van der Waals surface area contributed by atoms with Crippen molar-refractivity contribution in [3.63, 3.8) is 0 Å². The van der Waals surface area contributed by atoms with Gasteiger partial charge in [-0.15, -0.1) is 0 Å². The molecule has 0 bridgehead atoms. The van der Waals surface area contributed by atoms with Crippen LogP contribution in [-0.2, 0) is 4.74 Å². The van der Waals surface area contributed by atoms with Gasteiger partial charge in [0.1, 0.15) is 4.11 Å². The van der Waals surface area contributed by atoms with Crippen molar-refractivity contribution in [1.29, 1.82) is 0 Å². The topological polar surface area (TPSA) is 35.2 Å². The van der Waals surface area contributed by atoms with Gasteiger partial charge in [-0.25, -0.2) is 0 Å². The SMILES string of the molecule is NC[C@@H]1CC[C@H](I)O1. The van der Waals surface area contributed by atoms with E-state index in [9.17, 15) is 0 Å². The molecule has 0 saturated carbocycles. The second kappa shape index (κ2) is 2.98. The third kappa shape index (κ3) is 1.56. The summed E-state index contributed by atoms with van der Waals surface area (Å²) in [6, 6.07) is 0. The van der Waals surface area contributed by atoms with Gasteiger partial charge in [-0.1, -0.05) is 22.6 Å². The van der Waals surface area contributed by atoms with E-state index < -0.39 is 0 Å². The fraction of sp³-hybridized carbons (Fsp3) is 1.00. The van der Waals surface area contributed by atoms with Crippen LogP contribution in [0.3, 0.4) is 0 Å². The number of rotatable bonds is 1. The highest BCUT2D eigenvalue weighted by Crippen LogP contribution is 2.22. The Kier molecular flexibility index (Phi) is 2.52. The largest absolute Gasteiger partial charge is 0.363 e. The Morgan fingerprint density at radius 2 is 2.38 bits per heavy atom. The molecule has 3 heteroatoms. The Bertz CT molecular complexity index is 78.8. The summed E-state index contributed by atoms with van der Waals surface area (Å²) in [5.74, 6) is 0. The first-order valence-electron chi connectivity index (χ1n) is 2.82. The molecule has 1 fully saturated rings. The average molecular weight is 227 g/mol. The second-order valence-corrected chi connectivity index (χ2v) is 3.37. The van der Waals surface area contributed by atoms with Crippen molar-refractivity contribution in [3.8, 4) is 0 Å². The van der Waals surface area contributed by atoms with Crippen LogP contribution in [0.5, 0.6) is 0 Å². The zero-order valence-corrected chi connectivity index (χ0v) is 6.80. The second-order valence-electron chi connectivity index (χ2n) is 1.98. The molecule has 1 aliphatic heterocycles. The molecule has 1 aliphatic rings. The van der Waals surface area contributed by atoms with E-state index in [2.05, 4.69) is 22.6 Å². The van der Waals surface area contributed by atoms with Crippen molar-refractivity contribution >= 4 is 22.6 Å². The lowest BCUT2D eigenvalue weighted by Crippen LogP contribution is -2.18. The molecule has 0 aromatic carbocycles. The first kappa shape index (κ1) is 6.77. The van der Waals surface area contributed by atoms with Gasteiger partial charge in [0, 0.05) is 6.54 Å². The van der Waals surface area contributed by atoms with Crippen molar-refractivity contribution < 1.29 is 4.74 Å². The molecule has 0 aliphatic carbocycles. The molecule has 0 amide bonds. The van der Waals surface area contributed by atoms with E-state index in [1.807, 2.05) is 0 Å². The molecule has 8 heavy (non-hydrogen) atoms. The summed E-state index contributed by atoms with van der Waals surface area (Å²) in [5.41, 5.74) is 5.37. The van der Waals surface area contributed by atoms with E-state index >= 15 is 0 Å². The number of nitrogens with two attached hydrogens (primary N) is 1. The Hall–Kier alpha value is 0.650. The fourth-order valence-corrected chi connectivity index (χ4v) is 1.61. The lowest BCUT2D eigenvalue weighted by Gasteiger charge is -2.04. The summed E-state index contributed by atoms with van der Waals surface area (Å²) in [6.45, 7) is 0.680. The van der Waals surface area contributed by atoms with Crippen molar-refractivity contribution in [2.24, 2.45) is 5.73 Å². The van der Waals surface area contributed by atoms with Crippen molar-refractivity contribution in [2.75, 3.05) is 6.54 Å². The smallest absolute Gasteiger partial charge is 0.109 e. The maximum absolute atomic E-state index is 5.37. The van der Waals surface area contributed by atoms with Gasteiger partial charge in [0.25, 0.3) is 0 Å². The average Bonchev–Trinajstić information content (AvgIpc) is 2.14. The quantitative estimate of drug-likeness (QED) is 0.533. The van der Waals surface area contributed by atoms with Crippen LogP contribution in [0.1, 0.15) is 12.8 Å². The lowest BCUT2D eigenvalue weighted by atomic mass is 10.2.